The summed E-state index contributed by atoms with van der Waals surface area (Å²) in [7, 11) is 1.61. The van der Waals surface area contributed by atoms with Gasteiger partial charge in [-0.25, -0.2) is 4.98 Å². The summed E-state index contributed by atoms with van der Waals surface area (Å²) in [6.07, 6.45) is 3.30. The maximum Gasteiger partial charge on any atom is 0.256 e. The Morgan fingerprint density at radius 1 is 1.14 bits per heavy atom. The Bertz CT molecular complexity index is 862. The lowest BCUT2D eigenvalue weighted by Gasteiger charge is -2.04. The third kappa shape index (κ3) is 2.51. The number of aromatic nitrogens is 2. The van der Waals surface area contributed by atoms with E-state index in [1.165, 1.54) is 0 Å². The van der Waals surface area contributed by atoms with Gasteiger partial charge in [-0.1, -0.05) is 30.3 Å². The van der Waals surface area contributed by atoms with Crippen molar-refractivity contribution in [3.05, 3.63) is 66.0 Å². The molecule has 0 aliphatic rings. The Labute approximate surface area is 128 Å². The van der Waals surface area contributed by atoms with Gasteiger partial charge in [0.2, 0.25) is 0 Å². The molecule has 0 radical (unpaired) electrons. The number of ether oxygens (including phenoxy) is 1. The molecule has 0 amide bonds. The number of para-hydroxylation sites is 3. The lowest BCUT2D eigenvalue weighted by molar-refractivity contribution is 0.0972. The van der Waals surface area contributed by atoms with E-state index >= 15 is 0 Å². The molecule has 22 heavy (non-hydrogen) atoms. The van der Waals surface area contributed by atoms with Crippen molar-refractivity contribution in [2.45, 2.75) is 6.92 Å². The Morgan fingerprint density at radius 2 is 1.86 bits per heavy atom. The Balaban J connectivity index is 1.97. The zero-order valence-corrected chi connectivity index (χ0v) is 12.5. The van der Waals surface area contributed by atoms with Crippen molar-refractivity contribution in [3.8, 4) is 5.75 Å². The van der Waals surface area contributed by atoms with E-state index in [0.29, 0.717) is 5.82 Å². The van der Waals surface area contributed by atoms with Crippen molar-refractivity contribution in [2.75, 3.05) is 7.11 Å². The van der Waals surface area contributed by atoms with Crippen LogP contribution in [0.3, 0.4) is 0 Å². The normalized spacial score (nSPS) is 11.2. The van der Waals surface area contributed by atoms with E-state index in [0.717, 1.165) is 22.3 Å². The number of hydrogen-bond acceptors (Lipinski definition) is 3. The number of rotatable bonds is 3. The molecule has 0 aliphatic carbocycles. The van der Waals surface area contributed by atoms with Gasteiger partial charge in [0.05, 0.1) is 18.1 Å². The number of fused-ring (bicyclic) bond motifs is 1. The number of benzene rings is 2. The molecule has 0 unspecified atom stereocenters. The van der Waals surface area contributed by atoms with Crippen LogP contribution in [0.5, 0.6) is 5.75 Å². The van der Waals surface area contributed by atoms with Crippen molar-refractivity contribution < 1.29 is 9.53 Å². The van der Waals surface area contributed by atoms with E-state index in [2.05, 4.69) is 4.98 Å². The predicted octanol–water partition coefficient (Wildman–Crippen LogP) is 3.71. The first-order valence-corrected chi connectivity index (χ1v) is 7.00. The van der Waals surface area contributed by atoms with Crippen molar-refractivity contribution >= 4 is 23.0 Å². The summed E-state index contributed by atoms with van der Waals surface area (Å²) >= 11 is 0. The van der Waals surface area contributed by atoms with Gasteiger partial charge >= 0.3 is 0 Å². The highest BCUT2D eigenvalue weighted by atomic mass is 16.5. The van der Waals surface area contributed by atoms with Crippen LogP contribution in [0.1, 0.15) is 16.2 Å². The second-order valence-electron chi connectivity index (χ2n) is 4.90. The fourth-order valence-corrected chi connectivity index (χ4v) is 2.46. The molecule has 0 saturated heterocycles. The van der Waals surface area contributed by atoms with Gasteiger partial charge in [-0.15, -0.1) is 0 Å². The van der Waals surface area contributed by atoms with Crippen molar-refractivity contribution in [1.29, 1.82) is 0 Å². The highest BCUT2D eigenvalue weighted by Crippen LogP contribution is 2.20. The lowest BCUT2D eigenvalue weighted by atomic mass is 10.2. The minimum atomic E-state index is -0.128. The van der Waals surface area contributed by atoms with Crippen LogP contribution in [-0.2, 0) is 0 Å². The maximum absolute atomic E-state index is 12.5. The Morgan fingerprint density at radius 3 is 2.68 bits per heavy atom. The molecule has 1 heterocycles. The van der Waals surface area contributed by atoms with Gasteiger partial charge < -0.3 is 4.74 Å². The summed E-state index contributed by atoms with van der Waals surface area (Å²) in [5.41, 5.74) is 2.49. The molecule has 110 valence electrons. The predicted molar refractivity (Wildman–Crippen MR) is 87.1 cm³/mol. The Kier molecular flexibility index (Phi) is 3.74. The first kappa shape index (κ1) is 14.1. The minimum Gasteiger partial charge on any atom is -0.496 e. The molecule has 0 atom stereocenters. The maximum atomic E-state index is 12.5. The molecule has 3 rings (SSSR count). The van der Waals surface area contributed by atoms with E-state index in [4.69, 9.17) is 4.74 Å². The van der Waals surface area contributed by atoms with Gasteiger partial charge in [0, 0.05) is 11.6 Å². The molecular formula is C18H16N2O2. The highest BCUT2D eigenvalue weighted by Gasteiger charge is 2.11. The number of carbonyl (C=O) groups excluding carboxylic acids is 1. The van der Waals surface area contributed by atoms with Crippen molar-refractivity contribution in [1.82, 2.24) is 9.55 Å². The topological polar surface area (TPSA) is 44.1 Å². The molecule has 3 aromatic rings. The van der Waals surface area contributed by atoms with Crippen molar-refractivity contribution in [2.24, 2.45) is 0 Å². The number of imidazole rings is 1. The van der Waals surface area contributed by atoms with Gasteiger partial charge in [0.1, 0.15) is 11.6 Å². The molecule has 0 saturated carbocycles. The van der Waals surface area contributed by atoms with Crippen LogP contribution in [0.15, 0.2) is 54.6 Å². The van der Waals surface area contributed by atoms with Gasteiger partial charge in [-0.3, -0.25) is 9.36 Å². The fraction of sp³-hybridized carbons (Fsp3) is 0.111. The lowest BCUT2D eigenvalue weighted by Crippen LogP contribution is -2.08. The Hall–Kier alpha value is -2.88. The molecule has 0 fully saturated rings. The number of carbonyl (C=O) groups is 1. The largest absolute Gasteiger partial charge is 0.496 e. The first-order chi connectivity index (χ1) is 10.7. The molecule has 1 aromatic heterocycles. The average molecular weight is 292 g/mol. The standard InChI is InChI=1S/C18H16N2O2/c1-13-19-15-8-4-5-9-16(15)20(13)18(21)12-11-14-7-3-6-10-17(14)22-2/h3-12H,1-2H3/b12-11+. The third-order valence-electron chi connectivity index (χ3n) is 3.49. The van der Waals surface area contributed by atoms with E-state index in [1.807, 2.05) is 55.5 Å². The van der Waals surface area contributed by atoms with Crippen LogP contribution in [0.2, 0.25) is 0 Å². The summed E-state index contributed by atoms with van der Waals surface area (Å²) < 4.78 is 6.89. The third-order valence-corrected chi connectivity index (χ3v) is 3.49. The second-order valence-corrected chi connectivity index (χ2v) is 4.90. The van der Waals surface area contributed by atoms with Gasteiger partial charge in [0.15, 0.2) is 0 Å². The SMILES string of the molecule is COc1ccccc1/C=C/C(=O)n1c(C)nc2ccccc21. The molecule has 2 aromatic carbocycles. The number of allylic oxidation sites excluding steroid dienone is 1. The zero-order chi connectivity index (χ0) is 15.5. The van der Waals surface area contributed by atoms with E-state index in [1.54, 1.807) is 23.8 Å². The van der Waals surface area contributed by atoms with E-state index < -0.39 is 0 Å². The highest BCUT2D eigenvalue weighted by molar-refractivity contribution is 6.00. The number of nitrogens with zero attached hydrogens (tertiary/aromatic N) is 2. The monoisotopic (exact) mass is 292 g/mol. The van der Waals surface area contributed by atoms with Crippen LogP contribution in [-0.4, -0.2) is 22.6 Å². The molecular weight excluding hydrogens is 276 g/mol. The quantitative estimate of drug-likeness (QED) is 0.691. The summed E-state index contributed by atoms with van der Waals surface area (Å²) in [4.78, 5) is 16.9. The molecule has 4 nitrogen and oxygen atoms in total. The molecule has 4 heteroatoms. The zero-order valence-electron chi connectivity index (χ0n) is 12.5. The molecule has 0 aliphatic heterocycles. The van der Waals surface area contributed by atoms with E-state index in [-0.39, 0.29) is 5.91 Å². The average Bonchev–Trinajstić information content (AvgIpc) is 2.88. The molecule has 0 bridgehead atoms. The number of methoxy groups -OCH3 is 1. The second kappa shape index (κ2) is 5.85. The minimum absolute atomic E-state index is 0.128. The van der Waals surface area contributed by atoms with Crippen molar-refractivity contribution in [3.63, 3.8) is 0 Å². The first-order valence-electron chi connectivity index (χ1n) is 7.00. The molecule has 0 spiro atoms. The van der Waals surface area contributed by atoms with Crippen LogP contribution in [0.25, 0.3) is 17.1 Å². The summed E-state index contributed by atoms with van der Waals surface area (Å²) in [6.45, 7) is 1.83. The summed E-state index contributed by atoms with van der Waals surface area (Å²) in [6, 6.07) is 15.2. The van der Waals surface area contributed by atoms with Gasteiger partial charge in [-0.05, 0) is 31.2 Å². The number of aryl methyl sites for hydroxylation is 1. The van der Waals surface area contributed by atoms with Crippen LogP contribution < -0.4 is 4.74 Å². The van der Waals surface area contributed by atoms with E-state index in [9.17, 15) is 4.79 Å². The molecule has 0 N–H and O–H groups in total. The van der Waals surface area contributed by atoms with Gasteiger partial charge in [0.25, 0.3) is 5.91 Å². The number of hydrogen-bond donors (Lipinski definition) is 0. The summed E-state index contributed by atoms with van der Waals surface area (Å²) in [5, 5.41) is 0. The summed E-state index contributed by atoms with van der Waals surface area (Å²) in [5.74, 6) is 1.28. The smallest absolute Gasteiger partial charge is 0.256 e. The van der Waals surface area contributed by atoms with Crippen LogP contribution >= 0.6 is 0 Å². The van der Waals surface area contributed by atoms with Crippen LogP contribution in [0.4, 0.5) is 0 Å². The van der Waals surface area contributed by atoms with Crippen LogP contribution in [0, 0.1) is 6.92 Å². The van der Waals surface area contributed by atoms with Gasteiger partial charge in [-0.2, -0.15) is 0 Å². The fourth-order valence-electron chi connectivity index (χ4n) is 2.46.